The Balaban J connectivity index is 2.25. The molecule has 0 aromatic carbocycles. The summed E-state index contributed by atoms with van der Waals surface area (Å²) in [7, 11) is 3.09. The van der Waals surface area contributed by atoms with Crippen molar-refractivity contribution < 1.29 is 29.5 Å². The van der Waals surface area contributed by atoms with Crippen LogP contribution in [0.25, 0.3) is 0 Å². The smallest absolute Gasteiger partial charge is 0.185 e. The Labute approximate surface area is 186 Å². The third-order valence-corrected chi connectivity index (χ3v) is 6.96. The summed E-state index contributed by atoms with van der Waals surface area (Å²) in [4.78, 5) is 0. The lowest BCUT2D eigenvalue weighted by Crippen LogP contribution is -2.61. The molecule has 0 spiro atoms. The molecule has 11 unspecified atom stereocenters. The van der Waals surface area contributed by atoms with Crippen LogP contribution in [-0.4, -0.2) is 84.9 Å². The number of nitrogens with two attached hydrogens (primary N) is 2. The summed E-state index contributed by atoms with van der Waals surface area (Å²) >= 11 is 0. The molecule has 2 rings (SSSR count). The van der Waals surface area contributed by atoms with Crippen LogP contribution in [0.4, 0.5) is 0 Å². The minimum atomic E-state index is -1.13. The summed E-state index contributed by atoms with van der Waals surface area (Å²) < 4.78 is 17.7. The molecule has 0 amide bonds. The normalized spacial score (nSPS) is 38.0. The van der Waals surface area contributed by atoms with Crippen LogP contribution < -0.4 is 16.8 Å². The van der Waals surface area contributed by atoms with Gasteiger partial charge in [0.25, 0.3) is 0 Å². The predicted molar refractivity (Wildman–Crippen MR) is 118 cm³/mol. The summed E-state index contributed by atoms with van der Waals surface area (Å²) in [5.41, 5.74) is 12.3. The van der Waals surface area contributed by atoms with Gasteiger partial charge in [-0.25, -0.2) is 0 Å². The highest BCUT2D eigenvalue weighted by Crippen LogP contribution is 2.40. The van der Waals surface area contributed by atoms with E-state index in [2.05, 4.69) is 12.2 Å². The summed E-state index contributed by atoms with van der Waals surface area (Å²) in [5.74, 6) is 0.544. The maximum atomic E-state index is 11.4. The van der Waals surface area contributed by atoms with Crippen LogP contribution in [-0.2, 0) is 14.2 Å². The van der Waals surface area contributed by atoms with Crippen LogP contribution in [0.1, 0.15) is 40.0 Å². The molecule has 0 aromatic heterocycles. The van der Waals surface area contributed by atoms with E-state index in [1.54, 1.807) is 14.0 Å². The first kappa shape index (κ1) is 26.5. The van der Waals surface area contributed by atoms with Gasteiger partial charge in [-0.05, 0) is 44.7 Å². The highest BCUT2D eigenvalue weighted by molar-refractivity contribution is 5.07. The van der Waals surface area contributed by atoms with E-state index in [9.17, 15) is 15.3 Å². The number of allylic oxidation sites excluding steroid dienone is 1. The van der Waals surface area contributed by atoms with Gasteiger partial charge in [0, 0.05) is 19.1 Å². The number of likely N-dealkylation sites (N-methyl/N-ethyl adjacent to an activating group) is 1. The first-order valence-electron chi connectivity index (χ1n) is 11.4. The van der Waals surface area contributed by atoms with E-state index in [-0.39, 0.29) is 29.9 Å². The lowest BCUT2D eigenvalue weighted by Gasteiger charge is -2.49. The molecule has 0 aromatic rings. The lowest BCUT2D eigenvalue weighted by molar-refractivity contribution is -0.257. The van der Waals surface area contributed by atoms with E-state index in [0.29, 0.717) is 13.0 Å². The molecule has 1 fully saturated rings. The lowest BCUT2D eigenvalue weighted by atomic mass is 9.68. The fourth-order valence-electron chi connectivity index (χ4n) is 5.10. The van der Waals surface area contributed by atoms with Gasteiger partial charge in [-0.3, -0.25) is 0 Å². The number of aliphatic hydroxyl groups is 3. The van der Waals surface area contributed by atoms with Gasteiger partial charge in [-0.15, -0.1) is 0 Å². The van der Waals surface area contributed by atoms with E-state index >= 15 is 0 Å². The first-order chi connectivity index (χ1) is 14.7. The summed E-state index contributed by atoms with van der Waals surface area (Å²) in [5, 5.41) is 35.1. The van der Waals surface area contributed by atoms with Crippen LogP contribution >= 0.6 is 0 Å². The number of ether oxygens (including phenoxy) is 3. The molecule has 9 heteroatoms. The molecule has 2 aliphatic rings. The van der Waals surface area contributed by atoms with Crippen LogP contribution in [0.2, 0.25) is 0 Å². The van der Waals surface area contributed by atoms with E-state index < -0.39 is 36.7 Å². The van der Waals surface area contributed by atoms with Crippen molar-refractivity contribution in [1.82, 2.24) is 5.32 Å². The molecule has 31 heavy (non-hydrogen) atoms. The van der Waals surface area contributed by atoms with Crippen molar-refractivity contribution in [1.29, 1.82) is 0 Å². The van der Waals surface area contributed by atoms with Crippen molar-refractivity contribution in [3.8, 4) is 0 Å². The minimum absolute atomic E-state index is 0.00546. The zero-order valence-corrected chi connectivity index (χ0v) is 19.5. The Bertz CT molecular complexity index is 577. The molecule has 1 aliphatic heterocycles. The van der Waals surface area contributed by atoms with Crippen molar-refractivity contribution in [3.63, 3.8) is 0 Å². The number of hydrogen-bond donors (Lipinski definition) is 6. The Morgan fingerprint density at radius 3 is 2.55 bits per heavy atom. The predicted octanol–water partition coefficient (Wildman–Crippen LogP) is -0.324. The fourth-order valence-corrected chi connectivity index (χ4v) is 5.10. The monoisotopic (exact) mass is 445 g/mol. The van der Waals surface area contributed by atoms with Crippen LogP contribution in [0, 0.1) is 17.8 Å². The van der Waals surface area contributed by atoms with Gasteiger partial charge in [-0.1, -0.05) is 20.3 Å². The molecule has 1 heterocycles. The zero-order chi connectivity index (χ0) is 23.3. The maximum absolute atomic E-state index is 11.4. The molecule has 0 radical (unpaired) electrons. The standard InChI is InChI=1S/C22H43N3O6/c1-6-13-9-15(24)16(20-11(2)7-8-14(10-23)30-20)18(27)21(13)31-22(29-5)19(28)17(25-4)12(3)26/h8,11-13,15-22,25-28H,6-7,9-10,23-24H2,1-5H3. The Kier molecular flexibility index (Phi) is 10.2. The summed E-state index contributed by atoms with van der Waals surface area (Å²) in [6.45, 7) is 6.00. The first-order valence-corrected chi connectivity index (χ1v) is 11.4. The van der Waals surface area contributed by atoms with Gasteiger partial charge < -0.3 is 46.3 Å². The zero-order valence-electron chi connectivity index (χ0n) is 19.5. The largest absolute Gasteiger partial charge is 0.493 e. The second kappa shape index (κ2) is 11.9. The van der Waals surface area contributed by atoms with Crippen LogP contribution in [0.5, 0.6) is 0 Å². The molecular formula is C22H43N3O6. The van der Waals surface area contributed by atoms with Gasteiger partial charge in [-0.2, -0.15) is 0 Å². The van der Waals surface area contributed by atoms with Gasteiger partial charge in [0.05, 0.1) is 30.9 Å². The second-order valence-electron chi connectivity index (χ2n) is 9.06. The number of hydrogen-bond acceptors (Lipinski definition) is 9. The highest BCUT2D eigenvalue weighted by atomic mass is 16.7. The molecular weight excluding hydrogens is 402 g/mol. The third kappa shape index (κ3) is 5.97. The van der Waals surface area contributed by atoms with E-state index in [1.165, 1.54) is 7.11 Å². The Morgan fingerprint density at radius 2 is 2.03 bits per heavy atom. The van der Waals surface area contributed by atoms with Gasteiger partial charge >= 0.3 is 0 Å². The molecule has 9 nitrogen and oxygen atoms in total. The fraction of sp³-hybridized carbons (Fsp3) is 0.909. The Hall–Kier alpha value is -0.780. The number of aliphatic hydroxyl groups excluding tert-OH is 3. The van der Waals surface area contributed by atoms with Gasteiger partial charge in [0.15, 0.2) is 6.29 Å². The van der Waals surface area contributed by atoms with Crippen LogP contribution in [0.15, 0.2) is 11.8 Å². The quantitative estimate of drug-likeness (QED) is 0.248. The third-order valence-electron chi connectivity index (χ3n) is 6.96. The highest BCUT2D eigenvalue weighted by Gasteiger charge is 2.50. The molecule has 1 aliphatic carbocycles. The van der Waals surface area contributed by atoms with Gasteiger partial charge in [0.1, 0.15) is 18.0 Å². The van der Waals surface area contributed by atoms with E-state index in [4.69, 9.17) is 25.7 Å². The molecule has 0 saturated heterocycles. The molecule has 0 bridgehead atoms. The average Bonchev–Trinajstić information content (AvgIpc) is 2.74. The number of rotatable bonds is 10. The molecule has 182 valence electrons. The van der Waals surface area contributed by atoms with E-state index in [1.807, 2.05) is 13.0 Å². The number of methoxy groups -OCH3 is 1. The number of nitrogens with one attached hydrogen (secondary N) is 1. The SMILES string of the molecule is CCC1CC(N)C(C2OC(CN)=CCC2C)C(O)C1OC(OC)C(O)C(NC)C(C)O. The Morgan fingerprint density at radius 1 is 1.35 bits per heavy atom. The van der Waals surface area contributed by atoms with Crippen molar-refractivity contribution in [2.75, 3.05) is 20.7 Å². The average molecular weight is 446 g/mol. The van der Waals surface area contributed by atoms with Crippen molar-refractivity contribution in [2.45, 2.75) is 88.9 Å². The van der Waals surface area contributed by atoms with Gasteiger partial charge in [0.2, 0.25) is 0 Å². The topological polar surface area (TPSA) is 152 Å². The van der Waals surface area contributed by atoms with Crippen molar-refractivity contribution in [2.24, 2.45) is 29.2 Å². The minimum Gasteiger partial charge on any atom is -0.493 e. The van der Waals surface area contributed by atoms with E-state index in [0.717, 1.165) is 18.6 Å². The van der Waals surface area contributed by atoms with Crippen molar-refractivity contribution >= 4 is 0 Å². The summed E-state index contributed by atoms with van der Waals surface area (Å²) in [6, 6.07) is -0.902. The molecule has 11 atom stereocenters. The second-order valence-corrected chi connectivity index (χ2v) is 9.06. The van der Waals surface area contributed by atoms with Crippen LogP contribution in [0.3, 0.4) is 0 Å². The summed E-state index contributed by atoms with van der Waals surface area (Å²) in [6.07, 6.45) is -0.518. The van der Waals surface area contributed by atoms with Crippen molar-refractivity contribution in [3.05, 3.63) is 11.8 Å². The molecule has 1 saturated carbocycles. The molecule has 8 N–H and O–H groups in total. The maximum Gasteiger partial charge on any atom is 0.185 e.